The Bertz CT molecular complexity index is 984. The molecule has 0 bridgehead atoms. The number of amides is 1. The highest BCUT2D eigenvalue weighted by atomic mass is 35.5. The fourth-order valence-corrected chi connectivity index (χ4v) is 2.62. The van der Waals surface area contributed by atoms with E-state index in [1.54, 1.807) is 31.3 Å². The Balaban J connectivity index is 1.55. The van der Waals surface area contributed by atoms with Crippen LogP contribution in [0.2, 0.25) is 5.02 Å². The zero-order valence-electron chi connectivity index (χ0n) is 15.0. The maximum Gasteiger partial charge on any atom is 0.341 e. The average molecular weight is 402 g/mol. The fraction of sp³-hybridized carbons (Fsp3) is 0.143. The summed E-state index contributed by atoms with van der Waals surface area (Å²) >= 11 is 5.88. The van der Waals surface area contributed by atoms with Crippen LogP contribution in [0.15, 0.2) is 65.1 Å². The molecule has 1 aromatic heterocycles. The van der Waals surface area contributed by atoms with E-state index in [4.69, 9.17) is 20.8 Å². The maximum absolute atomic E-state index is 13.6. The second-order valence-electron chi connectivity index (χ2n) is 6.08. The molecule has 0 N–H and O–H groups in total. The summed E-state index contributed by atoms with van der Waals surface area (Å²) in [7, 11) is 1.56. The third-order valence-electron chi connectivity index (χ3n) is 4.03. The monoisotopic (exact) mass is 401 g/mol. The van der Waals surface area contributed by atoms with Crippen LogP contribution in [-0.4, -0.2) is 30.4 Å². The molecule has 0 saturated carbocycles. The van der Waals surface area contributed by atoms with E-state index in [9.17, 15) is 14.0 Å². The summed E-state index contributed by atoms with van der Waals surface area (Å²) < 4.78 is 24.2. The van der Waals surface area contributed by atoms with Crippen LogP contribution >= 0.6 is 11.6 Å². The molecule has 0 atom stereocenters. The number of hydrogen-bond acceptors (Lipinski definition) is 4. The molecule has 1 amide bonds. The lowest BCUT2D eigenvalue weighted by atomic mass is 10.2. The fourth-order valence-electron chi connectivity index (χ4n) is 2.50. The second-order valence-corrected chi connectivity index (χ2v) is 6.52. The van der Waals surface area contributed by atoms with Crippen LogP contribution in [0, 0.1) is 5.82 Å². The number of nitrogens with zero attached hydrogens (tertiary/aromatic N) is 1. The van der Waals surface area contributed by atoms with Crippen LogP contribution in [0.1, 0.15) is 16.1 Å². The van der Waals surface area contributed by atoms with Gasteiger partial charge in [-0.05, 0) is 48.5 Å². The molecular formula is C21H17ClFNO4. The topological polar surface area (TPSA) is 59.8 Å². The van der Waals surface area contributed by atoms with E-state index in [1.807, 2.05) is 12.1 Å². The number of likely N-dealkylation sites (N-methyl/N-ethyl adjacent to an activating group) is 1. The van der Waals surface area contributed by atoms with Gasteiger partial charge in [-0.3, -0.25) is 4.79 Å². The van der Waals surface area contributed by atoms with Gasteiger partial charge < -0.3 is 14.1 Å². The van der Waals surface area contributed by atoms with Crippen molar-refractivity contribution in [3.63, 3.8) is 0 Å². The number of rotatable bonds is 6. The first-order valence-corrected chi connectivity index (χ1v) is 8.82. The van der Waals surface area contributed by atoms with Gasteiger partial charge in [0, 0.05) is 17.6 Å². The third kappa shape index (κ3) is 4.78. The number of halogens is 2. The van der Waals surface area contributed by atoms with Gasteiger partial charge in [-0.25, -0.2) is 9.18 Å². The Kier molecular flexibility index (Phi) is 6.11. The van der Waals surface area contributed by atoms with Crippen molar-refractivity contribution in [2.75, 3.05) is 13.7 Å². The van der Waals surface area contributed by atoms with E-state index in [0.29, 0.717) is 16.5 Å². The second kappa shape index (κ2) is 8.71. The first kappa shape index (κ1) is 19.6. The number of ether oxygens (including phenoxy) is 1. The number of carbonyl (C=O) groups excluding carboxylic acids is 2. The van der Waals surface area contributed by atoms with Crippen LogP contribution in [0.5, 0.6) is 0 Å². The van der Waals surface area contributed by atoms with Crippen molar-refractivity contribution in [3.05, 3.63) is 82.8 Å². The molecule has 0 aliphatic carbocycles. The van der Waals surface area contributed by atoms with Crippen molar-refractivity contribution in [1.29, 1.82) is 0 Å². The van der Waals surface area contributed by atoms with E-state index in [2.05, 4.69) is 0 Å². The summed E-state index contributed by atoms with van der Waals surface area (Å²) in [5.74, 6) is -0.796. The molecule has 0 aliphatic rings. The van der Waals surface area contributed by atoms with Gasteiger partial charge in [-0.15, -0.1) is 0 Å². The van der Waals surface area contributed by atoms with E-state index >= 15 is 0 Å². The highest BCUT2D eigenvalue weighted by molar-refractivity contribution is 6.30. The Labute approximate surface area is 166 Å². The number of furan rings is 1. The minimum absolute atomic E-state index is 0.198. The zero-order chi connectivity index (χ0) is 20.1. The van der Waals surface area contributed by atoms with Crippen molar-refractivity contribution >= 4 is 23.5 Å². The molecule has 0 saturated heterocycles. The van der Waals surface area contributed by atoms with Crippen LogP contribution in [0.25, 0.3) is 11.3 Å². The molecule has 3 rings (SSSR count). The quantitative estimate of drug-likeness (QED) is 0.568. The lowest BCUT2D eigenvalue weighted by Gasteiger charge is -2.15. The molecule has 5 nitrogen and oxygen atoms in total. The van der Waals surface area contributed by atoms with E-state index in [1.165, 1.54) is 23.1 Å². The van der Waals surface area contributed by atoms with Crippen molar-refractivity contribution < 1.29 is 23.1 Å². The van der Waals surface area contributed by atoms with Gasteiger partial charge in [0.05, 0.1) is 12.1 Å². The minimum atomic E-state index is -0.886. The van der Waals surface area contributed by atoms with Crippen LogP contribution in [0.4, 0.5) is 4.39 Å². The molecule has 0 spiro atoms. The van der Waals surface area contributed by atoms with Gasteiger partial charge in [0.1, 0.15) is 17.3 Å². The molecule has 0 unspecified atom stereocenters. The largest absolute Gasteiger partial charge is 0.459 e. The maximum atomic E-state index is 13.6. The van der Waals surface area contributed by atoms with E-state index in [-0.39, 0.29) is 12.1 Å². The van der Waals surface area contributed by atoms with Gasteiger partial charge in [-0.2, -0.15) is 0 Å². The lowest BCUT2D eigenvalue weighted by Crippen LogP contribution is -2.30. The molecule has 0 radical (unpaired) electrons. The minimum Gasteiger partial charge on any atom is -0.459 e. The Morgan fingerprint density at radius 2 is 1.79 bits per heavy atom. The summed E-state index contributed by atoms with van der Waals surface area (Å²) in [6, 6.07) is 16.2. The van der Waals surface area contributed by atoms with E-state index in [0.717, 1.165) is 11.6 Å². The number of benzene rings is 2. The first-order valence-electron chi connectivity index (χ1n) is 8.44. The van der Waals surface area contributed by atoms with Crippen LogP contribution in [0.3, 0.4) is 0 Å². The highest BCUT2D eigenvalue weighted by Gasteiger charge is 2.17. The smallest absolute Gasteiger partial charge is 0.341 e. The standard InChI is InChI=1S/C21H17ClFNO4/c1-24(20(25)13-27-21(26)17-4-2-3-5-18(17)23)12-16-10-11-19(28-16)14-6-8-15(22)9-7-14/h2-11H,12-13H2,1H3. The Hall–Kier alpha value is -3.12. The average Bonchev–Trinajstić information content (AvgIpc) is 3.15. The molecule has 2 aromatic carbocycles. The molecule has 3 aromatic rings. The molecule has 144 valence electrons. The van der Waals surface area contributed by atoms with Crippen molar-refractivity contribution in [2.24, 2.45) is 0 Å². The van der Waals surface area contributed by atoms with Gasteiger partial charge in [0.25, 0.3) is 5.91 Å². The summed E-state index contributed by atoms with van der Waals surface area (Å²) in [5.41, 5.74) is 0.653. The molecular weight excluding hydrogens is 385 g/mol. The lowest BCUT2D eigenvalue weighted by molar-refractivity contribution is -0.134. The molecule has 0 fully saturated rings. The zero-order valence-corrected chi connectivity index (χ0v) is 15.8. The summed E-state index contributed by atoms with van der Waals surface area (Å²) in [4.78, 5) is 25.4. The predicted molar refractivity (Wildman–Crippen MR) is 102 cm³/mol. The first-order chi connectivity index (χ1) is 13.4. The molecule has 28 heavy (non-hydrogen) atoms. The van der Waals surface area contributed by atoms with Crippen molar-refractivity contribution in [3.8, 4) is 11.3 Å². The number of carbonyl (C=O) groups is 2. The molecule has 0 aliphatic heterocycles. The third-order valence-corrected chi connectivity index (χ3v) is 4.28. The number of hydrogen-bond donors (Lipinski definition) is 0. The number of esters is 1. The highest BCUT2D eigenvalue weighted by Crippen LogP contribution is 2.24. The van der Waals surface area contributed by atoms with Crippen LogP contribution < -0.4 is 0 Å². The normalized spacial score (nSPS) is 10.5. The van der Waals surface area contributed by atoms with Gasteiger partial charge in [-0.1, -0.05) is 23.7 Å². The predicted octanol–water partition coefficient (Wildman–Crippen LogP) is 4.55. The molecule has 7 heteroatoms. The van der Waals surface area contributed by atoms with Crippen molar-refractivity contribution in [1.82, 2.24) is 4.90 Å². The van der Waals surface area contributed by atoms with Gasteiger partial charge >= 0.3 is 5.97 Å². The Morgan fingerprint density at radius 1 is 1.07 bits per heavy atom. The summed E-state index contributed by atoms with van der Waals surface area (Å²) in [6.45, 7) is -0.294. The van der Waals surface area contributed by atoms with Gasteiger partial charge in [0.15, 0.2) is 6.61 Å². The summed E-state index contributed by atoms with van der Waals surface area (Å²) in [6.07, 6.45) is 0. The van der Waals surface area contributed by atoms with Gasteiger partial charge in [0.2, 0.25) is 0 Å². The summed E-state index contributed by atoms with van der Waals surface area (Å²) in [5, 5.41) is 0.630. The SMILES string of the molecule is CN(Cc1ccc(-c2ccc(Cl)cc2)o1)C(=O)COC(=O)c1ccccc1F. The van der Waals surface area contributed by atoms with Crippen molar-refractivity contribution in [2.45, 2.75) is 6.54 Å². The Morgan fingerprint density at radius 3 is 2.50 bits per heavy atom. The van der Waals surface area contributed by atoms with Crippen LogP contribution in [-0.2, 0) is 16.1 Å². The molecule has 1 heterocycles. The van der Waals surface area contributed by atoms with E-state index < -0.39 is 24.3 Å².